The summed E-state index contributed by atoms with van der Waals surface area (Å²) < 4.78 is 6.84. The Labute approximate surface area is 127 Å². The molecule has 0 aliphatic carbocycles. The quantitative estimate of drug-likeness (QED) is 0.846. The minimum atomic E-state index is -0.229. The molecule has 8 nitrogen and oxygen atoms in total. The number of hydrogen-bond acceptors (Lipinski definition) is 6. The van der Waals surface area contributed by atoms with Crippen LogP contribution in [0.15, 0.2) is 30.9 Å². The molecule has 1 amide bonds. The Morgan fingerprint density at radius 1 is 1.50 bits per heavy atom. The second-order valence-corrected chi connectivity index (χ2v) is 5.17. The number of aromatic nitrogens is 4. The molecule has 1 fully saturated rings. The molecule has 116 valence electrons. The molecule has 3 rings (SSSR count). The van der Waals surface area contributed by atoms with Crippen molar-refractivity contribution in [2.45, 2.75) is 18.6 Å². The number of methoxy groups -OCH3 is 1. The number of carbonyl (C=O) groups excluding carboxylic acids is 1. The van der Waals surface area contributed by atoms with Gasteiger partial charge in [-0.1, -0.05) is 5.21 Å². The van der Waals surface area contributed by atoms with Crippen LogP contribution in [0.25, 0.3) is 5.69 Å². The van der Waals surface area contributed by atoms with Gasteiger partial charge >= 0.3 is 0 Å². The molecule has 1 N–H and O–H groups in total. The summed E-state index contributed by atoms with van der Waals surface area (Å²) in [5, 5.41) is 17.1. The normalized spacial score (nSPS) is 21.3. The van der Waals surface area contributed by atoms with Crippen LogP contribution in [0.5, 0.6) is 0 Å². The van der Waals surface area contributed by atoms with Crippen LogP contribution in [0.3, 0.4) is 0 Å². The highest BCUT2D eigenvalue weighted by molar-refractivity contribution is 5.94. The number of ether oxygens (including phenoxy) is 1. The average Bonchev–Trinajstić information content (AvgIpc) is 3.23. The number of carbonyl (C=O) groups is 1. The zero-order chi connectivity index (χ0) is 15.5. The third-order valence-corrected chi connectivity index (χ3v) is 3.84. The van der Waals surface area contributed by atoms with Crippen LogP contribution in [-0.4, -0.2) is 68.3 Å². The van der Waals surface area contributed by atoms with Gasteiger partial charge in [0.15, 0.2) is 0 Å². The molecule has 1 saturated heterocycles. The third kappa shape index (κ3) is 2.70. The molecular weight excluding hydrogens is 286 g/mol. The lowest BCUT2D eigenvalue weighted by Crippen LogP contribution is -2.38. The second-order valence-electron chi connectivity index (χ2n) is 5.17. The van der Waals surface area contributed by atoms with Crippen molar-refractivity contribution in [2.75, 3.05) is 20.3 Å². The van der Waals surface area contributed by atoms with Gasteiger partial charge in [0.25, 0.3) is 5.91 Å². The molecule has 22 heavy (non-hydrogen) atoms. The zero-order valence-electron chi connectivity index (χ0n) is 12.2. The molecule has 0 radical (unpaired) electrons. The smallest absolute Gasteiger partial charge is 0.255 e. The molecular formula is C14H17N5O3. The minimum Gasteiger partial charge on any atom is -0.394 e. The Hall–Kier alpha value is -2.32. The van der Waals surface area contributed by atoms with E-state index in [0.717, 1.165) is 0 Å². The summed E-state index contributed by atoms with van der Waals surface area (Å²) in [6.07, 6.45) is 6.94. The van der Waals surface area contributed by atoms with E-state index in [1.165, 1.54) is 10.9 Å². The average molecular weight is 303 g/mol. The number of pyridine rings is 1. The number of nitrogens with zero attached hydrogens (tertiary/aromatic N) is 5. The molecule has 1 aliphatic rings. The first kappa shape index (κ1) is 14.6. The predicted octanol–water partition coefficient (Wildman–Crippen LogP) is -0.116. The zero-order valence-corrected chi connectivity index (χ0v) is 12.2. The van der Waals surface area contributed by atoms with E-state index >= 15 is 0 Å². The minimum absolute atomic E-state index is 0.0486. The van der Waals surface area contributed by atoms with Crippen LogP contribution < -0.4 is 0 Å². The fourth-order valence-electron chi connectivity index (χ4n) is 2.65. The number of hydrogen-bond donors (Lipinski definition) is 1. The SMILES string of the molecule is CO[C@@H]1C[C@@H](CO)N(C(=O)c2cncc(-n3ccnn3)c2)C1. The molecule has 3 heterocycles. The van der Waals surface area contributed by atoms with Gasteiger partial charge in [-0.05, 0) is 12.5 Å². The Morgan fingerprint density at radius 2 is 2.36 bits per heavy atom. The summed E-state index contributed by atoms with van der Waals surface area (Å²) in [5.41, 5.74) is 1.11. The standard InChI is InChI=1S/C14H17N5O3/c1-22-13-5-12(9-20)18(8-13)14(21)10-4-11(7-15-6-10)19-3-2-16-17-19/h2-4,6-7,12-13,20H,5,8-9H2,1H3/t12-,13+/m0/s1. The molecule has 0 bridgehead atoms. The Morgan fingerprint density at radius 3 is 3.05 bits per heavy atom. The van der Waals surface area contributed by atoms with E-state index < -0.39 is 0 Å². The Kier molecular flexibility index (Phi) is 4.12. The van der Waals surface area contributed by atoms with Crippen molar-refractivity contribution in [3.63, 3.8) is 0 Å². The van der Waals surface area contributed by atoms with Crippen molar-refractivity contribution in [2.24, 2.45) is 0 Å². The summed E-state index contributed by atoms with van der Waals surface area (Å²) in [4.78, 5) is 18.4. The molecule has 2 atom stereocenters. The van der Waals surface area contributed by atoms with Crippen LogP contribution >= 0.6 is 0 Å². The molecule has 1 aliphatic heterocycles. The summed E-state index contributed by atoms with van der Waals surface area (Å²) >= 11 is 0. The first-order valence-corrected chi connectivity index (χ1v) is 6.99. The highest BCUT2D eigenvalue weighted by Crippen LogP contribution is 2.22. The van der Waals surface area contributed by atoms with E-state index in [9.17, 15) is 9.90 Å². The topological polar surface area (TPSA) is 93.4 Å². The maximum absolute atomic E-state index is 12.7. The lowest BCUT2D eigenvalue weighted by molar-refractivity contribution is 0.0647. The molecule has 0 aromatic carbocycles. The number of amides is 1. The number of aliphatic hydroxyl groups excluding tert-OH is 1. The van der Waals surface area contributed by atoms with Gasteiger partial charge in [-0.15, -0.1) is 5.10 Å². The van der Waals surface area contributed by atoms with Crippen LogP contribution in [0.1, 0.15) is 16.8 Å². The van der Waals surface area contributed by atoms with Crippen molar-refractivity contribution in [3.8, 4) is 5.69 Å². The summed E-state index contributed by atoms with van der Waals surface area (Å²) in [6.45, 7) is 0.385. The van der Waals surface area contributed by atoms with Gasteiger partial charge < -0.3 is 14.7 Å². The molecule has 2 aromatic rings. The van der Waals surface area contributed by atoms with Gasteiger partial charge in [-0.3, -0.25) is 9.78 Å². The van der Waals surface area contributed by atoms with E-state index in [-0.39, 0.29) is 24.7 Å². The maximum Gasteiger partial charge on any atom is 0.255 e. The largest absolute Gasteiger partial charge is 0.394 e. The lowest BCUT2D eigenvalue weighted by atomic mass is 10.2. The van der Waals surface area contributed by atoms with E-state index in [0.29, 0.717) is 24.2 Å². The van der Waals surface area contributed by atoms with Gasteiger partial charge in [0.05, 0.1) is 48.6 Å². The van der Waals surface area contributed by atoms with Gasteiger partial charge in [0.1, 0.15) is 0 Å². The summed E-state index contributed by atoms with van der Waals surface area (Å²) in [5.74, 6) is -0.173. The first-order valence-electron chi connectivity index (χ1n) is 6.99. The maximum atomic E-state index is 12.7. The van der Waals surface area contributed by atoms with Crippen LogP contribution in [0, 0.1) is 0 Å². The first-order chi connectivity index (χ1) is 10.7. The van der Waals surface area contributed by atoms with Crippen molar-refractivity contribution in [1.82, 2.24) is 24.9 Å². The highest BCUT2D eigenvalue weighted by Gasteiger charge is 2.35. The van der Waals surface area contributed by atoms with Gasteiger partial charge in [-0.2, -0.15) is 0 Å². The van der Waals surface area contributed by atoms with Crippen molar-refractivity contribution in [3.05, 3.63) is 36.4 Å². The summed E-state index contributed by atoms with van der Waals surface area (Å²) in [7, 11) is 1.61. The molecule has 8 heteroatoms. The molecule has 2 aromatic heterocycles. The number of likely N-dealkylation sites (tertiary alicyclic amines) is 1. The molecule has 0 spiro atoms. The lowest BCUT2D eigenvalue weighted by Gasteiger charge is -2.22. The van der Waals surface area contributed by atoms with Crippen molar-refractivity contribution < 1.29 is 14.6 Å². The Balaban J connectivity index is 1.84. The van der Waals surface area contributed by atoms with E-state index in [2.05, 4.69) is 15.3 Å². The van der Waals surface area contributed by atoms with Crippen LogP contribution in [0.2, 0.25) is 0 Å². The fraction of sp³-hybridized carbons (Fsp3) is 0.429. The van der Waals surface area contributed by atoms with Crippen LogP contribution in [-0.2, 0) is 4.74 Å². The predicted molar refractivity (Wildman–Crippen MR) is 76.5 cm³/mol. The van der Waals surface area contributed by atoms with E-state index in [1.807, 2.05) is 0 Å². The van der Waals surface area contributed by atoms with E-state index in [1.54, 1.807) is 36.7 Å². The summed E-state index contributed by atoms with van der Waals surface area (Å²) in [6, 6.07) is 1.48. The van der Waals surface area contributed by atoms with Gasteiger partial charge in [-0.25, -0.2) is 4.68 Å². The van der Waals surface area contributed by atoms with Crippen LogP contribution in [0.4, 0.5) is 0 Å². The molecule has 0 unspecified atom stereocenters. The molecule has 0 saturated carbocycles. The monoisotopic (exact) mass is 303 g/mol. The Bertz CT molecular complexity index is 646. The van der Waals surface area contributed by atoms with Gasteiger partial charge in [0.2, 0.25) is 0 Å². The van der Waals surface area contributed by atoms with Gasteiger partial charge in [0, 0.05) is 19.9 Å². The van der Waals surface area contributed by atoms with E-state index in [4.69, 9.17) is 4.74 Å². The number of aliphatic hydroxyl groups is 1. The second kappa shape index (κ2) is 6.20. The highest BCUT2D eigenvalue weighted by atomic mass is 16.5. The van der Waals surface area contributed by atoms with Crippen molar-refractivity contribution >= 4 is 5.91 Å². The number of rotatable bonds is 4. The van der Waals surface area contributed by atoms with Crippen molar-refractivity contribution in [1.29, 1.82) is 0 Å². The third-order valence-electron chi connectivity index (χ3n) is 3.84. The fourth-order valence-corrected chi connectivity index (χ4v) is 2.65.